The number of hydrogen-bond acceptors (Lipinski definition) is 3. The fourth-order valence-electron chi connectivity index (χ4n) is 5.08. The number of hydrogen-bond donors (Lipinski definition) is 2. The summed E-state index contributed by atoms with van der Waals surface area (Å²) in [7, 11) is 0. The lowest BCUT2D eigenvalue weighted by molar-refractivity contribution is -0.132. The van der Waals surface area contributed by atoms with E-state index in [-0.39, 0.29) is 35.7 Å². The second-order valence-electron chi connectivity index (χ2n) is 9.66. The fraction of sp³-hybridized carbons (Fsp3) is 0.414. The van der Waals surface area contributed by atoms with Crippen LogP contribution in [0.2, 0.25) is 0 Å². The topological polar surface area (TPSA) is 78.5 Å². The minimum atomic E-state index is -0.229. The number of aryl methyl sites for hydroxylation is 1. The van der Waals surface area contributed by atoms with E-state index in [2.05, 4.69) is 10.6 Å². The third kappa shape index (κ3) is 6.59. The molecule has 6 heteroatoms. The van der Waals surface area contributed by atoms with Gasteiger partial charge in [0, 0.05) is 36.8 Å². The summed E-state index contributed by atoms with van der Waals surface area (Å²) < 4.78 is 0. The van der Waals surface area contributed by atoms with Gasteiger partial charge in [0.2, 0.25) is 11.8 Å². The van der Waals surface area contributed by atoms with E-state index in [1.54, 1.807) is 11.0 Å². The van der Waals surface area contributed by atoms with Crippen molar-refractivity contribution in [2.24, 2.45) is 5.92 Å². The van der Waals surface area contributed by atoms with Crippen LogP contribution in [-0.2, 0) is 9.59 Å². The molecule has 1 aliphatic carbocycles. The number of carbonyl (C=O) groups excluding carboxylic acids is 3. The van der Waals surface area contributed by atoms with Gasteiger partial charge < -0.3 is 15.5 Å². The smallest absolute Gasteiger partial charge is 0.251 e. The number of carbonyl (C=O) groups is 3. The van der Waals surface area contributed by atoms with Crippen LogP contribution in [0.4, 0.5) is 0 Å². The van der Waals surface area contributed by atoms with Gasteiger partial charge in [-0.1, -0.05) is 61.4 Å². The number of benzene rings is 2. The van der Waals surface area contributed by atoms with Crippen LogP contribution in [0.3, 0.4) is 0 Å². The molecule has 0 aromatic heterocycles. The summed E-state index contributed by atoms with van der Waals surface area (Å²) >= 11 is 0. The number of amides is 3. The molecule has 35 heavy (non-hydrogen) atoms. The van der Waals surface area contributed by atoms with Gasteiger partial charge in [-0.2, -0.15) is 0 Å². The van der Waals surface area contributed by atoms with Crippen molar-refractivity contribution in [3.8, 4) is 0 Å². The molecule has 2 aromatic carbocycles. The standard InChI is InChI=1S/C29H35N3O3/c1-21-10-5-6-14-24(21)29(35)31-26-16-8-7-15-25(26)30-28(34)23-13-9-19-32(20-23)27(33)18-17-22-11-3-2-4-12-22/h2-6,10-12,14,17-18,23,25-26H,7-9,13,15-16,19-20H2,1H3,(H,30,34)(H,31,35)/b18-17+/t23-,25+,26+/m0/s1. The van der Waals surface area contributed by atoms with Crippen LogP contribution < -0.4 is 10.6 Å². The highest BCUT2D eigenvalue weighted by Crippen LogP contribution is 2.22. The Balaban J connectivity index is 1.34. The summed E-state index contributed by atoms with van der Waals surface area (Å²) in [5.74, 6) is -0.398. The van der Waals surface area contributed by atoms with Crippen molar-refractivity contribution < 1.29 is 14.4 Å². The van der Waals surface area contributed by atoms with E-state index in [1.165, 1.54) is 0 Å². The van der Waals surface area contributed by atoms with Crippen LogP contribution in [0, 0.1) is 12.8 Å². The van der Waals surface area contributed by atoms with Gasteiger partial charge in [-0.15, -0.1) is 0 Å². The van der Waals surface area contributed by atoms with Gasteiger partial charge in [-0.25, -0.2) is 0 Å². The van der Waals surface area contributed by atoms with Crippen molar-refractivity contribution in [2.45, 2.75) is 57.5 Å². The van der Waals surface area contributed by atoms with Crippen molar-refractivity contribution in [2.75, 3.05) is 13.1 Å². The molecule has 6 nitrogen and oxygen atoms in total. The molecule has 1 saturated carbocycles. The first-order valence-corrected chi connectivity index (χ1v) is 12.7. The Labute approximate surface area is 207 Å². The average Bonchev–Trinajstić information content (AvgIpc) is 2.89. The Hall–Kier alpha value is -3.41. The maximum atomic E-state index is 13.2. The van der Waals surface area contributed by atoms with Gasteiger partial charge in [0.05, 0.1) is 5.92 Å². The molecule has 2 fully saturated rings. The van der Waals surface area contributed by atoms with Crippen LogP contribution in [0.5, 0.6) is 0 Å². The summed E-state index contributed by atoms with van der Waals surface area (Å²) in [6, 6.07) is 17.1. The fourth-order valence-corrected chi connectivity index (χ4v) is 5.08. The lowest BCUT2D eigenvalue weighted by Crippen LogP contribution is -2.55. The molecule has 4 rings (SSSR count). The Morgan fingerprint density at radius 3 is 2.29 bits per heavy atom. The molecule has 1 heterocycles. The normalized spacial score (nSPS) is 22.5. The maximum absolute atomic E-state index is 13.2. The van der Waals surface area contributed by atoms with E-state index >= 15 is 0 Å². The van der Waals surface area contributed by atoms with E-state index in [0.29, 0.717) is 18.7 Å². The number of rotatable bonds is 6. The zero-order chi connectivity index (χ0) is 24.6. The van der Waals surface area contributed by atoms with E-state index < -0.39 is 0 Å². The van der Waals surface area contributed by atoms with Crippen molar-refractivity contribution in [1.29, 1.82) is 0 Å². The maximum Gasteiger partial charge on any atom is 0.251 e. The first-order valence-electron chi connectivity index (χ1n) is 12.7. The molecular weight excluding hydrogens is 438 g/mol. The van der Waals surface area contributed by atoms with E-state index in [4.69, 9.17) is 0 Å². The van der Waals surface area contributed by atoms with Crippen LogP contribution in [0.1, 0.15) is 60.0 Å². The van der Waals surface area contributed by atoms with E-state index in [0.717, 1.165) is 49.7 Å². The summed E-state index contributed by atoms with van der Waals surface area (Å²) in [5, 5.41) is 6.38. The van der Waals surface area contributed by atoms with Crippen LogP contribution in [0.15, 0.2) is 60.7 Å². The molecule has 1 aliphatic heterocycles. The molecule has 0 unspecified atom stereocenters. The van der Waals surface area contributed by atoms with Gasteiger partial charge in [0.15, 0.2) is 0 Å². The van der Waals surface area contributed by atoms with Crippen molar-refractivity contribution >= 4 is 23.8 Å². The highest BCUT2D eigenvalue weighted by Gasteiger charge is 2.33. The monoisotopic (exact) mass is 473 g/mol. The Morgan fingerprint density at radius 2 is 1.54 bits per heavy atom. The molecular formula is C29H35N3O3. The van der Waals surface area contributed by atoms with E-state index in [1.807, 2.05) is 67.6 Å². The molecule has 0 spiro atoms. The third-order valence-corrected chi connectivity index (χ3v) is 7.12. The van der Waals surface area contributed by atoms with E-state index in [9.17, 15) is 14.4 Å². The Kier molecular flexibility index (Phi) is 8.35. The largest absolute Gasteiger partial charge is 0.351 e. The van der Waals surface area contributed by atoms with Crippen LogP contribution >= 0.6 is 0 Å². The van der Waals surface area contributed by atoms with Crippen LogP contribution in [0.25, 0.3) is 6.08 Å². The zero-order valence-electron chi connectivity index (χ0n) is 20.4. The summed E-state index contributed by atoms with van der Waals surface area (Å²) in [5.41, 5.74) is 2.59. The quantitative estimate of drug-likeness (QED) is 0.620. The minimum absolute atomic E-state index is 0.0171. The number of nitrogens with one attached hydrogen (secondary N) is 2. The van der Waals surface area contributed by atoms with Crippen molar-refractivity contribution in [3.63, 3.8) is 0 Å². The van der Waals surface area contributed by atoms with Crippen LogP contribution in [-0.4, -0.2) is 47.8 Å². The molecule has 184 valence electrons. The molecule has 0 radical (unpaired) electrons. The summed E-state index contributed by atoms with van der Waals surface area (Å²) in [4.78, 5) is 40.6. The lowest BCUT2D eigenvalue weighted by atomic mass is 9.88. The van der Waals surface area contributed by atoms with Gasteiger partial charge in [0.25, 0.3) is 5.91 Å². The minimum Gasteiger partial charge on any atom is -0.351 e. The summed E-state index contributed by atoms with van der Waals surface area (Å²) in [6.07, 6.45) is 8.74. The SMILES string of the molecule is Cc1ccccc1C(=O)N[C@@H]1CCCC[C@H]1NC(=O)[C@H]1CCCN(C(=O)/C=C/c2ccccc2)C1. The first-order chi connectivity index (χ1) is 17.0. The summed E-state index contributed by atoms with van der Waals surface area (Å²) in [6.45, 7) is 3.03. The zero-order valence-corrected chi connectivity index (χ0v) is 20.4. The highest BCUT2D eigenvalue weighted by atomic mass is 16.2. The van der Waals surface area contributed by atoms with Gasteiger partial charge in [-0.05, 0) is 55.9 Å². The predicted octanol–water partition coefficient (Wildman–Crippen LogP) is 4.10. The molecule has 1 saturated heterocycles. The predicted molar refractivity (Wildman–Crippen MR) is 138 cm³/mol. The second-order valence-corrected chi connectivity index (χ2v) is 9.66. The molecule has 2 aliphatic rings. The number of nitrogens with zero attached hydrogens (tertiary/aromatic N) is 1. The molecule has 3 amide bonds. The first kappa shape index (κ1) is 24.7. The average molecular weight is 474 g/mol. The van der Waals surface area contributed by atoms with Gasteiger partial charge in [-0.3, -0.25) is 14.4 Å². The third-order valence-electron chi connectivity index (χ3n) is 7.12. The Morgan fingerprint density at radius 1 is 0.857 bits per heavy atom. The lowest BCUT2D eigenvalue weighted by Gasteiger charge is -2.36. The van der Waals surface area contributed by atoms with Crippen molar-refractivity contribution in [3.05, 3.63) is 77.4 Å². The molecule has 2 N–H and O–H groups in total. The molecule has 2 aromatic rings. The highest BCUT2D eigenvalue weighted by molar-refractivity contribution is 5.96. The number of piperidine rings is 1. The second kappa shape index (κ2) is 11.8. The molecule has 3 atom stereocenters. The van der Waals surface area contributed by atoms with Gasteiger partial charge >= 0.3 is 0 Å². The Bertz CT molecular complexity index is 1070. The molecule has 0 bridgehead atoms. The van der Waals surface area contributed by atoms with Gasteiger partial charge in [0.1, 0.15) is 0 Å². The van der Waals surface area contributed by atoms with Crippen molar-refractivity contribution in [1.82, 2.24) is 15.5 Å². The number of likely N-dealkylation sites (tertiary alicyclic amines) is 1.